The van der Waals surface area contributed by atoms with Gasteiger partial charge in [-0.1, -0.05) is 17.7 Å². The smallest absolute Gasteiger partial charge is 0.163 e. The number of aliphatic imine (C=N–C) groups is 1. The molecule has 0 heterocycles. The minimum atomic E-state index is 0.580. The van der Waals surface area contributed by atoms with Crippen LogP contribution < -0.4 is 9.47 Å². The van der Waals surface area contributed by atoms with E-state index in [1.165, 1.54) is 0 Å². The van der Waals surface area contributed by atoms with Crippen LogP contribution in [0.1, 0.15) is 25.3 Å². The molecular formula is C15H19Cl2NO2. The minimum absolute atomic E-state index is 0.580. The fraction of sp³-hybridized carbons (Fsp3) is 0.400. The van der Waals surface area contributed by atoms with Gasteiger partial charge in [0.2, 0.25) is 0 Å². The Morgan fingerprint density at radius 3 is 2.65 bits per heavy atom. The Bertz CT molecular complexity index is 487. The standard InChI is InChI=1S/C15H19Cl2NO2/c1-4-12(17)11-9-14(19-3)15(10-13(11)18-2)20-8-6-5-7-16/h4,9-10H,2,5-8H2,1,3H3. The van der Waals surface area contributed by atoms with E-state index in [1.807, 2.05) is 13.0 Å². The molecule has 1 aromatic rings. The van der Waals surface area contributed by atoms with Crippen LogP contribution in [0.2, 0.25) is 0 Å². The van der Waals surface area contributed by atoms with Crippen molar-refractivity contribution < 1.29 is 9.47 Å². The molecule has 0 aliphatic rings. The lowest BCUT2D eigenvalue weighted by atomic mass is 10.1. The van der Waals surface area contributed by atoms with Crippen molar-refractivity contribution in [2.45, 2.75) is 19.8 Å². The Morgan fingerprint density at radius 2 is 2.10 bits per heavy atom. The number of unbranched alkanes of at least 4 members (excludes halogenated alkanes) is 1. The molecule has 0 saturated carbocycles. The summed E-state index contributed by atoms with van der Waals surface area (Å²) in [6.45, 7) is 6.00. The topological polar surface area (TPSA) is 30.8 Å². The number of hydrogen-bond donors (Lipinski definition) is 0. The van der Waals surface area contributed by atoms with Gasteiger partial charge in [0.05, 0.1) is 19.4 Å². The van der Waals surface area contributed by atoms with Crippen LogP contribution in [0.25, 0.3) is 5.03 Å². The molecule has 0 aromatic heterocycles. The molecule has 0 amide bonds. The molecule has 0 N–H and O–H groups in total. The van der Waals surface area contributed by atoms with E-state index in [0.717, 1.165) is 18.4 Å². The number of rotatable bonds is 8. The van der Waals surface area contributed by atoms with Gasteiger partial charge in [-0.25, -0.2) is 0 Å². The molecule has 0 fully saturated rings. The van der Waals surface area contributed by atoms with Crippen LogP contribution in [-0.4, -0.2) is 26.3 Å². The third kappa shape index (κ3) is 4.43. The van der Waals surface area contributed by atoms with Crippen molar-refractivity contribution in [3.05, 3.63) is 23.8 Å². The van der Waals surface area contributed by atoms with Gasteiger partial charge in [-0.3, -0.25) is 4.99 Å². The molecule has 0 radical (unpaired) electrons. The molecule has 1 rings (SSSR count). The Balaban J connectivity index is 3.03. The highest BCUT2D eigenvalue weighted by atomic mass is 35.5. The third-order valence-electron chi connectivity index (χ3n) is 2.75. The van der Waals surface area contributed by atoms with Crippen LogP contribution in [0.3, 0.4) is 0 Å². The second-order valence-corrected chi connectivity index (χ2v) is 4.84. The maximum Gasteiger partial charge on any atom is 0.163 e. The first-order valence-electron chi connectivity index (χ1n) is 6.37. The molecule has 0 aliphatic heterocycles. The SMILES string of the molecule is C=Nc1cc(OCCCCCl)c(OC)cc1C(Cl)=CC. The quantitative estimate of drug-likeness (QED) is 0.383. The summed E-state index contributed by atoms with van der Waals surface area (Å²) >= 11 is 11.8. The number of benzene rings is 1. The molecule has 20 heavy (non-hydrogen) atoms. The summed E-state index contributed by atoms with van der Waals surface area (Å²) in [5.41, 5.74) is 1.44. The van der Waals surface area contributed by atoms with E-state index in [0.29, 0.717) is 34.7 Å². The zero-order chi connectivity index (χ0) is 15.0. The second-order valence-electron chi connectivity index (χ2n) is 4.06. The summed E-state index contributed by atoms with van der Waals surface area (Å²) in [6.07, 6.45) is 3.60. The fourth-order valence-electron chi connectivity index (χ4n) is 1.68. The van der Waals surface area contributed by atoms with Crippen LogP contribution in [0.15, 0.2) is 23.2 Å². The van der Waals surface area contributed by atoms with Crippen molar-refractivity contribution >= 4 is 40.6 Å². The number of hydrogen-bond acceptors (Lipinski definition) is 3. The average Bonchev–Trinajstić information content (AvgIpc) is 2.49. The summed E-state index contributed by atoms with van der Waals surface area (Å²) < 4.78 is 11.0. The van der Waals surface area contributed by atoms with E-state index in [9.17, 15) is 0 Å². The van der Waals surface area contributed by atoms with E-state index >= 15 is 0 Å². The van der Waals surface area contributed by atoms with E-state index in [1.54, 1.807) is 19.3 Å². The van der Waals surface area contributed by atoms with Crippen molar-refractivity contribution in [3.8, 4) is 11.5 Å². The zero-order valence-corrected chi connectivity index (χ0v) is 13.3. The van der Waals surface area contributed by atoms with Crippen molar-refractivity contribution in [1.82, 2.24) is 0 Å². The summed E-state index contributed by atoms with van der Waals surface area (Å²) in [5, 5.41) is 0.597. The summed E-state index contributed by atoms with van der Waals surface area (Å²) in [7, 11) is 1.59. The molecule has 110 valence electrons. The number of ether oxygens (including phenoxy) is 2. The Labute approximate surface area is 130 Å². The Morgan fingerprint density at radius 1 is 1.35 bits per heavy atom. The van der Waals surface area contributed by atoms with Gasteiger partial charge in [-0.05, 0) is 32.5 Å². The lowest BCUT2D eigenvalue weighted by Crippen LogP contribution is -2.00. The molecule has 0 spiro atoms. The van der Waals surface area contributed by atoms with Gasteiger partial charge < -0.3 is 9.47 Å². The number of methoxy groups -OCH3 is 1. The first-order valence-corrected chi connectivity index (χ1v) is 7.28. The third-order valence-corrected chi connectivity index (χ3v) is 3.44. The molecule has 0 aliphatic carbocycles. The molecule has 1 aromatic carbocycles. The van der Waals surface area contributed by atoms with E-state index in [4.69, 9.17) is 32.7 Å². The molecule has 0 atom stereocenters. The monoisotopic (exact) mass is 315 g/mol. The van der Waals surface area contributed by atoms with Crippen molar-refractivity contribution in [2.75, 3.05) is 19.6 Å². The second kappa shape index (κ2) is 8.88. The molecule has 0 unspecified atom stereocenters. The van der Waals surface area contributed by atoms with Gasteiger partial charge in [0, 0.05) is 22.5 Å². The fourth-order valence-corrected chi connectivity index (χ4v) is 2.02. The van der Waals surface area contributed by atoms with Gasteiger partial charge in [-0.2, -0.15) is 0 Å². The predicted molar refractivity (Wildman–Crippen MR) is 87.2 cm³/mol. The highest BCUT2D eigenvalue weighted by Gasteiger charge is 2.13. The van der Waals surface area contributed by atoms with Crippen molar-refractivity contribution in [1.29, 1.82) is 0 Å². The highest BCUT2D eigenvalue weighted by Crippen LogP contribution is 2.39. The maximum atomic E-state index is 6.16. The molecule has 0 bridgehead atoms. The van der Waals surface area contributed by atoms with Crippen molar-refractivity contribution in [3.63, 3.8) is 0 Å². The van der Waals surface area contributed by atoms with Crippen LogP contribution in [0, 0.1) is 0 Å². The first kappa shape index (κ1) is 16.9. The van der Waals surface area contributed by atoms with Crippen LogP contribution >= 0.6 is 23.2 Å². The summed E-state index contributed by atoms with van der Waals surface area (Å²) in [5.74, 6) is 1.89. The van der Waals surface area contributed by atoms with Gasteiger partial charge in [0.25, 0.3) is 0 Å². The first-order chi connectivity index (χ1) is 9.67. The number of nitrogens with zero attached hydrogens (tertiary/aromatic N) is 1. The van der Waals surface area contributed by atoms with E-state index in [2.05, 4.69) is 11.7 Å². The number of allylic oxidation sites excluding steroid dienone is 1. The molecular weight excluding hydrogens is 297 g/mol. The average molecular weight is 316 g/mol. The lowest BCUT2D eigenvalue weighted by molar-refractivity contribution is 0.288. The zero-order valence-electron chi connectivity index (χ0n) is 11.8. The van der Waals surface area contributed by atoms with Gasteiger partial charge >= 0.3 is 0 Å². The summed E-state index contributed by atoms with van der Waals surface area (Å²) in [4.78, 5) is 3.99. The molecule has 0 saturated heterocycles. The largest absolute Gasteiger partial charge is 0.493 e. The van der Waals surface area contributed by atoms with Crippen LogP contribution in [0.4, 0.5) is 5.69 Å². The Kier molecular flexibility index (Phi) is 7.48. The minimum Gasteiger partial charge on any atom is -0.493 e. The normalized spacial score (nSPS) is 11.3. The molecule has 5 heteroatoms. The van der Waals surface area contributed by atoms with E-state index in [-0.39, 0.29) is 0 Å². The van der Waals surface area contributed by atoms with Gasteiger partial charge in [0.15, 0.2) is 11.5 Å². The Hall–Kier alpha value is -1.19. The van der Waals surface area contributed by atoms with Gasteiger partial charge in [0.1, 0.15) is 0 Å². The summed E-state index contributed by atoms with van der Waals surface area (Å²) in [6, 6.07) is 3.59. The number of alkyl halides is 1. The maximum absolute atomic E-state index is 6.16. The lowest BCUT2D eigenvalue weighted by Gasteiger charge is -2.14. The van der Waals surface area contributed by atoms with Crippen LogP contribution in [-0.2, 0) is 0 Å². The predicted octanol–water partition coefficient (Wildman–Crippen LogP) is 5.02. The van der Waals surface area contributed by atoms with Gasteiger partial charge in [-0.15, -0.1) is 11.6 Å². The van der Waals surface area contributed by atoms with Crippen LogP contribution in [0.5, 0.6) is 11.5 Å². The van der Waals surface area contributed by atoms with Crippen molar-refractivity contribution in [2.24, 2.45) is 4.99 Å². The van der Waals surface area contributed by atoms with E-state index < -0.39 is 0 Å². The molecule has 3 nitrogen and oxygen atoms in total. The number of halogens is 2. The highest BCUT2D eigenvalue weighted by molar-refractivity contribution is 6.49.